The minimum Gasteiger partial charge on any atom is -0.508 e. The quantitative estimate of drug-likeness (QED) is 0.0346. The van der Waals surface area contributed by atoms with Crippen LogP contribution in [-0.4, -0.2) is 94.3 Å². The number of ketones is 1. The molecule has 0 radical (unpaired) electrons. The third kappa shape index (κ3) is 13.6. The number of benzene rings is 4. The van der Waals surface area contributed by atoms with Gasteiger partial charge in [0, 0.05) is 85.5 Å². The molecule has 6 rings (SSSR count). The summed E-state index contributed by atoms with van der Waals surface area (Å²) in [6, 6.07) is 20.5. The number of phenols is 1. The normalized spacial score (nSPS) is 11.8. The number of urea groups is 1. The zero-order valence-corrected chi connectivity index (χ0v) is 36.5. The summed E-state index contributed by atoms with van der Waals surface area (Å²) in [6.07, 6.45) is 4.87. The number of hydrogen-bond donors (Lipinski definition) is 9. The molecule has 67 heavy (non-hydrogen) atoms. The fraction of sp³-hybridized carbons (Fsp3) is 0.271. The van der Waals surface area contributed by atoms with Crippen molar-refractivity contribution in [3.05, 3.63) is 124 Å². The Morgan fingerprint density at radius 3 is 2.31 bits per heavy atom. The number of carboxylic acids is 1. The molecule has 1 aliphatic carbocycles. The van der Waals surface area contributed by atoms with Crippen LogP contribution in [0.4, 0.5) is 10.5 Å². The number of phenolic OH excluding ortho intramolecular Hbond substituents is 1. The Kier molecular flexibility index (Phi) is 16.5. The number of Topliss-reactive ketones (excluding diaryl/α,β-unsaturated/α-hetero) is 1. The number of imidazole rings is 1. The standard InChI is InChI=1S/C48H50N8O11/c1-49-46(63)38(25-41-50-18-19-51-41)56-45(62)29(20-28-8-4-2-5-9-28)21-33(59)26-53-43(61)27-54-42(60)10-6-3-7-17-52-48(66)55-30-11-14-34(37(22-30)47(64)65)44-35-15-12-31(57)23-39(35)67-40-24-32(58)13-16-36(40)44/h2,4-5,8-9,11-16,18-19,22-24,29,38,57H,3,6-7,10,17,20-21,25-27H2,1H3,(H,49,63)(H,50,51)(H,53,61)(H,54,60)(H,56,62)(H,64,65)(H2,52,55,66)/t29-,38+/m1/s1. The molecule has 348 valence electrons. The number of carbonyl (C=O) groups is 7. The van der Waals surface area contributed by atoms with Crippen LogP contribution in [0.5, 0.6) is 5.75 Å². The minimum absolute atomic E-state index is 0.0787. The molecule has 9 N–H and O–H groups in total. The number of carbonyl (C=O) groups excluding carboxylic acids is 6. The first kappa shape index (κ1) is 48.1. The highest BCUT2D eigenvalue weighted by atomic mass is 16.4. The third-order valence-corrected chi connectivity index (χ3v) is 10.8. The molecule has 0 bridgehead atoms. The van der Waals surface area contributed by atoms with Crippen LogP contribution in [0, 0.1) is 5.92 Å². The van der Waals surface area contributed by atoms with Gasteiger partial charge in [-0.05, 0) is 66.8 Å². The number of carboxylic acid groups (broad SMARTS) is 1. The lowest BCUT2D eigenvalue weighted by Gasteiger charge is -2.21. The second kappa shape index (κ2) is 23.0. The average molecular weight is 915 g/mol. The number of nitrogens with one attached hydrogen (secondary N) is 7. The molecule has 4 aromatic rings. The number of aromatic carboxylic acids is 1. The first-order chi connectivity index (χ1) is 32.3. The fourth-order valence-corrected chi connectivity index (χ4v) is 7.44. The van der Waals surface area contributed by atoms with E-state index in [-0.39, 0.29) is 85.0 Å². The van der Waals surface area contributed by atoms with E-state index in [0.717, 1.165) is 5.56 Å². The van der Waals surface area contributed by atoms with Gasteiger partial charge in [0.1, 0.15) is 29.0 Å². The molecule has 2 atom stereocenters. The van der Waals surface area contributed by atoms with Crippen LogP contribution >= 0.6 is 0 Å². The molecule has 2 aliphatic rings. The lowest BCUT2D eigenvalue weighted by atomic mass is 9.90. The molecule has 3 aromatic carbocycles. The minimum atomic E-state index is -1.26. The van der Waals surface area contributed by atoms with Gasteiger partial charge in [-0.25, -0.2) is 14.6 Å². The molecule has 1 aromatic heterocycles. The molecular formula is C48H50N8O11. The summed E-state index contributed by atoms with van der Waals surface area (Å²) in [5.41, 5.74) is 2.06. The average Bonchev–Trinajstić information content (AvgIpc) is 3.83. The summed E-state index contributed by atoms with van der Waals surface area (Å²) < 4.78 is 5.87. The lowest BCUT2D eigenvalue weighted by Crippen LogP contribution is -2.49. The third-order valence-electron chi connectivity index (χ3n) is 10.8. The Bertz CT molecular complexity index is 2770. The molecule has 19 nitrogen and oxygen atoms in total. The number of anilines is 1. The number of H-pyrrole nitrogens is 1. The molecule has 0 saturated heterocycles. The molecule has 1 aliphatic heterocycles. The number of hydrogen-bond acceptors (Lipinski definition) is 11. The fourth-order valence-electron chi connectivity index (χ4n) is 7.44. The topological polar surface area (TPSA) is 291 Å². The highest BCUT2D eigenvalue weighted by molar-refractivity contribution is 6.08. The van der Waals surface area contributed by atoms with Crippen molar-refractivity contribution in [2.45, 2.75) is 51.0 Å². The van der Waals surface area contributed by atoms with Gasteiger partial charge in [0.2, 0.25) is 23.6 Å². The molecular weight excluding hydrogens is 865 g/mol. The maximum Gasteiger partial charge on any atom is 0.336 e. The van der Waals surface area contributed by atoms with E-state index in [1.807, 2.05) is 30.3 Å². The predicted octanol–water partition coefficient (Wildman–Crippen LogP) is 3.90. The molecule has 19 heteroatoms. The van der Waals surface area contributed by atoms with Crippen molar-refractivity contribution in [2.75, 3.05) is 32.0 Å². The summed E-state index contributed by atoms with van der Waals surface area (Å²) in [7, 11) is 1.45. The first-order valence-electron chi connectivity index (χ1n) is 21.5. The van der Waals surface area contributed by atoms with Gasteiger partial charge in [-0.1, -0.05) is 42.8 Å². The number of fused-ring (bicyclic) bond motifs is 2. The van der Waals surface area contributed by atoms with Crippen LogP contribution in [0.1, 0.15) is 53.8 Å². The molecule has 6 amide bonds. The number of aromatic hydroxyl groups is 1. The number of amides is 6. The summed E-state index contributed by atoms with van der Waals surface area (Å²) in [4.78, 5) is 108. The van der Waals surface area contributed by atoms with Crippen LogP contribution in [0.3, 0.4) is 0 Å². The van der Waals surface area contributed by atoms with Crippen molar-refractivity contribution in [3.8, 4) is 28.2 Å². The largest absolute Gasteiger partial charge is 0.508 e. The van der Waals surface area contributed by atoms with E-state index in [9.17, 15) is 48.6 Å². The van der Waals surface area contributed by atoms with E-state index in [1.165, 1.54) is 43.6 Å². The smallest absolute Gasteiger partial charge is 0.336 e. The number of aromatic amines is 1. The maximum absolute atomic E-state index is 13.5. The maximum atomic E-state index is 13.5. The summed E-state index contributed by atoms with van der Waals surface area (Å²) >= 11 is 0. The van der Waals surface area contributed by atoms with Crippen molar-refractivity contribution >= 4 is 58.1 Å². The van der Waals surface area contributed by atoms with Gasteiger partial charge in [-0.2, -0.15) is 0 Å². The van der Waals surface area contributed by atoms with Gasteiger partial charge >= 0.3 is 12.0 Å². The van der Waals surface area contributed by atoms with Crippen molar-refractivity contribution in [2.24, 2.45) is 5.92 Å². The Labute approximate surface area is 383 Å². The lowest BCUT2D eigenvalue weighted by molar-refractivity contribution is -0.133. The Balaban J connectivity index is 0.910. The van der Waals surface area contributed by atoms with E-state index in [0.29, 0.717) is 47.2 Å². The predicted molar refractivity (Wildman–Crippen MR) is 246 cm³/mol. The summed E-state index contributed by atoms with van der Waals surface area (Å²) in [5.74, 6) is -3.83. The highest BCUT2D eigenvalue weighted by Crippen LogP contribution is 2.42. The summed E-state index contributed by atoms with van der Waals surface area (Å²) in [6.45, 7) is -0.488. The van der Waals surface area contributed by atoms with Gasteiger partial charge in [0.05, 0.1) is 18.7 Å². The van der Waals surface area contributed by atoms with Crippen LogP contribution < -0.4 is 37.3 Å². The van der Waals surface area contributed by atoms with Gasteiger partial charge in [0.15, 0.2) is 11.2 Å². The molecule has 0 spiro atoms. The van der Waals surface area contributed by atoms with Crippen molar-refractivity contribution in [3.63, 3.8) is 0 Å². The zero-order valence-electron chi connectivity index (χ0n) is 36.5. The van der Waals surface area contributed by atoms with Crippen molar-refractivity contribution in [1.82, 2.24) is 36.6 Å². The zero-order chi connectivity index (χ0) is 47.9. The second-order valence-corrected chi connectivity index (χ2v) is 15.7. The number of likely N-dealkylation sites (N-methyl/N-ethyl adjacent to an activating group) is 1. The van der Waals surface area contributed by atoms with E-state index in [1.54, 1.807) is 30.5 Å². The second-order valence-electron chi connectivity index (χ2n) is 15.7. The van der Waals surface area contributed by atoms with Crippen LogP contribution in [0.25, 0.3) is 33.4 Å². The summed E-state index contributed by atoms with van der Waals surface area (Å²) in [5, 5.41) is 36.4. The van der Waals surface area contributed by atoms with Gasteiger partial charge < -0.3 is 51.5 Å². The molecule has 2 heterocycles. The number of nitrogens with zero attached hydrogens (tertiary/aromatic N) is 1. The monoisotopic (exact) mass is 914 g/mol. The van der Waals surface area contributed by atoms with Gasteiger partial charge in [-0.3, -0.25) is 28.8 Å². The number of unbranched alkanes of at least 4 members (excludes halogenated alkanes) is 2. The van der Waals surface area contributed by atoms with E-state index >= 15 is 0 Å². The van der Waals surface area contributed by atoms with Gasteiger partial charge in [-0.15, -0.1) is 0 Å². The Hall–Kier alpha value is -8.35. The van der Waals surface area contributed by atoms with E-state index < -0.39 is 47.5 Å². The molecule has 0 unspecified atom stereocenters. The van der Waals surface area contributed by atoms with Gasteiger partial charge in [0.25, 0.3) is 0 Å². The number of rotatable bonds is 22. The Morgan fingerprint density at radius 1 is 0.791 bits per heavy atom. The van der Waals surface area contributed by atoms with Crippen molar-refractivity contribution in [1.29, 1.82) is 0 Å². The van der Waals surface area contributed by atoms with E-state index in [2.05, 4.69) is 41.9 Å². The Morgan fingerprint density at radius 2 is 1.57 bits per heavy atom. The molecule has 0 saturated carbocycles. The van der Waals surface area contributed by atoms with Crippen LogP contribution in [-0.2, 0) is 36.8 Å². The SMILES string of the molecule is CNC(=O)[C@H](Cc1ncc[nH]1)NC(=O)[C@@H](CC(=O)CNC(=O)CNC(=O)CCCCCNC(=O)Nc1ccc(-c2c3ccc(=O)cc-3oc3cc(O)ccc23)c(C(=O)O)c1)Cc1ccccc1. The highest BCUT2D eigenvalue weighted by Gasteiger charge is 2.28. The first-order valence-corrected chi connectivity index (χ1v) is 21.5. The van der Waals surface area contributed by atoms with Crippen molar-refractivity contribution < 1.29 is 48.2 Å². The molecule has 0 fully saturated rings. The number of aromatic nitrogens is 2. The van der Waals surface area contributed by atoms with Crippen LogP contribution in [0.2, 0.25) is 0 Å². The van der Waals surface area contributed by atoms with Crippen LogP contribution in [0.15, 0.2) is 107 Å². The van der Waals surface area contributed by atoms with E-state index in [4.69, 9.17) is 4.42 Å².